The van der Waals surface area contributed by atoms with Crippen LogP contribution in [-0.2, 0) is 28.3 Å². The van der Waals surface area contributed by atoms with Gasteiger partial charge in [0.25, 0.3) is 0 Å². The van der Waals surface area contributed by atoms with Gasteiger partial charge in [-0.15, -0.1) is 11.8 Å². The summed E-state index contributed by atoms with van der Waals surface area (Å²) in [7, 11) is 0. The van der Waals surface area contributed by atoms with E-state index in [1.54, 1.807) is 35.2 Å². The maximum atomic E-state index is 13.7. The van der Waals surface area contributed by atoms with E-state index < -0.39 is 6.04 Å². The van der Waals surface area contributed by atoms with Crippen LogP contribution < -0.4 is 5.32 Å². The zero-order valence-electron chi connectivity index (χ0n) is 21.2. The summed E-state index contributed by atoms with van der Waals surface area (Å²) < 4.78 is 0. The Morgan fingerprint density at radius 1 is 0.842 bits per heavy atom. The normalized spacial score (nSPS) is 11.9. The highest BCUT2D eigenvalue weighted by Crippen LogP contribution is 2.29. The van der Waals surface area contributed by atoms with Gasteiger partial charge >= 0.3 is 0 Å². The molecule has 0 unspecified atom stereocenters. The quantitative estimate of drug-likeness (QED) is 0.226. The van der Waals surface area contributed by atoms with Gasteiger partial charge < -0.3 is 10.2 Å². The largest absolute Gasteiger partial charge is 0.354 e. The molecule has 0 spiro atoms. The number of hydrogen-bond donors (Lipinski definition) is 1. The Hall–Kier alpha value is -1.89. The molecule has 2 amide bonds. The van der Waals surface area contributed by atoms with Gasteiger partial charge in [-0.05, 0) is 46.9 Å². The van der Waals surface area contributed by atoms with E-state index in [0.29, 0.717) is 38.8 Å². The first kappa shape index (κ1) is 30.6. The standard InChI is InChI=1S/C29H30Cl4N2O2S/c1-19(2)15-34-29(37)27(14-20-7-4-3-5-8-20)35(16-21-11-12-25(32)26(33)13-21)28(36)18-38-17-22-23(30)9-6-10-24(22)31/h3-13,19,27H,14-18H2,1-2H3,(H,34,37)/t27-/m0/s1. The monoisotopic (exact) mass is 610 g/mol. The number of benzene rings is 3. The summed E-state index contributed by atoms with van der Waals surface area (Å²) in [6.07, 6.45) is 0.374. The third-order valence-corrected chi connectivity index (χ3v) is 8.22. The fourth-order valence-corrected chi connectivity index (χ4v) is 5.77. The van der Waals surface area contributed by atoms with Crippen LogP contribution in [0, 0.1) is 5.92 Å². The van der Waals surface area contributed by atoms with Crippen LogP contribution in [0.25, 0.3) is 0 Å². The molecule has 3 aromatic rings. The van der Waals surface area contributed by atoms with E-state index in [1.165, 1.54) is 11.8 Å². The molecule has 0 saturated carbocycles. The average molecular weight is 612 g/mol. The SMILES string of the molecule is CC(C)CNC(=O)[C@H](Cc1ccccc1)N(Cc1ccc(Cl)c(Cl)c1)C(=O)CSCc1c(Cl)cccc1Cl. The van der Waals surface area contributed by atoms with Crippen LogP contribution in [0.1, 0.15) is 30.5 Å². The summed E-state index contributed by atoms with van der Waals surface area (Å²) in [6, 6.07) is 19.5. The van der Waals surface area contributed by atoms with Gasteiger partial charge in [-0.1, -0.05) is 103 Å². The summed E-state index contributed by atoms with van der Waals surface area (Å²) in [4.78, 5) is 28.9. The number of rotatable bonds is 12. The second-order valence-corrected chi connectivity index (χ2v) is 11.9. The van der Waals surface area contributed by atoms with Crippen molar-refractivity contribution >= 4 is 70.0 Å². The van der Waals surface area contributed by atoms with Crippen LogP contribution in [-0.4, -0.2) is 35.1 Å². The van der Waals surface area contributed by atoms with Crippen molar-refractivity contribution < 1.29 is 9.59 Å². The summed E-state index contributed by atoms with van der Waals surface area (Å²) >= 11 is 26.4. The summed E-state index contributed by atoms with van der Waals surface area (Å²) in [6.45, 7) is 4.78. The molecule has 1 atom stereocenters. The van der Waals surface area contributed by atoms with Crippen LogP contribution >= 0.6 is 58.2 Å². The number of halogens is 4. The lowest BCUT2D eigenvalue weighted by molar-refractivity contribution is -0.139. The molecule has 0 saturated heterocycles. The molecule has 0 aromatic heterocycles. The first-order valence-corrected chi connectivity index (χ1v) is 14.9. The van der Waals surface area contributed by atoms with E-state index in [1.807, 2.05) is 50.2 Å². The molecule has 1 N–H and O–H groups in total. The van der Waals surface area contributed by atoms with E-state index in [0.717, 1.165) is 16.7 Å². The van der Waals surface area contributed by atoms with E-state index in [9.17, 15) is 9.59 Å². The molecule has 38 heavy (non-hydrogen) atoms. The summed E-state index contributed by atoms with van der Waals surface area (Å²) in [5.74, 6) is 0.505. The average Bonchev–Trinajstić information content (AvgIpc) is 2.89. The number of carbonyl (C=O) groups is 2. The third-order valence-electron chi connectivity index (χ3n) is 5.83. The Labute approximate surface area is 249 Å². The Morgan fingerprint density at radius 3 is 2.16 bits per heavy atom. The highest BCUT2D eigenvalue weighted by atomic mass is 35.5. The smallest absolute Gasteiger partial charge is 0.243 e. The summed E-state index contributed by atoms with van der Waals surface area (Å²) in [5.41, 5.74) is 2.52. The zero-order valence-corrected chi connectivity index (χ0v) is 25.1. The molecule has 0 bridgehead atoms. The minimum Gasteiger partial charge on any atom is -0.354 e. The number of carbonyl (C=O) groups excluding carboxylic acids is 2. The molecule has 0 heterocycles. The van der Waals surface area contributed by atoms with E-state index in [-0.39, 0.29) is 30.0 Å². The molecule has 0 aliphatic rings. The number of hydrogen-bond acceptors (Lipinski definition) is 3. The van der Waals surface area contributed by atoms with Crippen LogP contribution in [0.2, 0.25) is 20.1 Å². The van der Waals surface area contributed by atoms with Crippen LogP contribution in [0.3, 0.4) is 0 Å². The zero-order chi connectivity index (χ0) is 27.7. The topological polar surface area (TPSA) is 49.4 Å². The Morgan fingerprint density at radius 2 is 1.53 bits per heavy atom. The molecular weight excluding hydrogens is 582 g/mol. The fourth-order valence-electron chi connectivity index (χ4n) is 3.80. The molecule has 202 valence electrons. The van der Waals surface area contributed by atoms with Crippen molar-refractivity contribution in [1.29, 1.82) is 0 Å². The van der Waals surface area contributed by atoms with E-state index in [2.05, 4.69) is 5.32 Å². The van der Waals surface area contributed by atoms with Crippen LogP contribution in [0.4, 0.5) is 0 Å². The second kappa shape index (κ2) is 15.0. The Bertz CT molecular complexity index is 1220. The Balaban J connectivity index is 1.88. The van der Waals surface area contributed by atoms with Crippen LogP contribution in [0.15, 0.2) is 66.7 Å². The van der Waals surface area contributed by atoms with Gasteiger partial charge in [-0.25, -0.2) is 0 Å². The van der Waals surface area contributed by atoms with Crippen molar-refractivity contribution in [2.75, 3.05) is 12.3 Å². The highest BCUT2D eigenvalue weighted by Gasteiger charge is 2.30. The third kappa shape index (κ3) is 9.10. The van der Waals surface area contributed by atoms with Gasteiger partial charge in [-0.3, -0.25) is 9.59 Å². The van der Waals surface area contributed by atoms with Crippen LogP contribution in [0.5, 0.6) is 0 Å². The predicted octanol–water partition coefficient (Wildman–Crippen LogP) is 7.95. The number of amides is 2. The first-order valence-electron chi connectivity index (χ1n) is 12.2. The van der Waals surface area contributed by atoms with Gasteiger partial charge in [0.15, 0.2) is 0 Å². The van der Waals surface area contributed by atoms with E-state index in [4.69, 9.17) is 46.4 Å². The minimum atomic E-state index is -0.720. The molecular formula is C29H30Cl4N2O2S. The van der Waals surface area contributed by atoms with Gasteiger partial charge in [0.2, 0.25) is 11.8 Å². The van der Waals surface area contributed by atoms with Gasteiger partial charge in [-0.2, -0.15) is 0 Å². The molecule has 0 aliphatic carbocycles. The number of thioether (sulfide) groups is 1. The van der Waals surface area contributed by atoms with Crippen molar-refractivity contribution in [1.82, 2.24) is 10.2 Å². The summed E-state index contributed by atoms with van der Waals surface area (Å²) in [5, 5.41) is 4.95. The molecule has 9 heteroatoms. The number of nitrogens with one attached hydrogen (secondary N) is 1. The van der Waals surface area contributed by atoms with Crippen molar-refractivity contribution in [2.45, 2.75) is 38.6 Å². The molecule has 0 radical (unpaired) electrons. The number of nitrogens with zero attached hydrogens (tertiary/aromatic N) is 1. The van der Waals surface area contributed by atoms with E-state index >= 15 is 0 Å². The first-order chi connectivity index (χ1) is 18.2. The second-order valence-electron chi connectivity index (χ2n) is 9.31. The lowest BCUT2D eigenvalue weighted by Gasteiger charge is -2.32. The fraction of sp³-hybridized carbons (Fsp3) is 0.310. The van der Waals surface area contributed by atoms with Crippen molar-refractivity contribution in [2.24, 2.45) is 5.92 Å². The minimum absolute atomic E-state index is 0.144. The van der Waals surface area contributed by atoms with Gasteiger partial charge in [0, 0.05) is 35.3 Å². The lowest BCUT2D eigenvalue weighted by atomic mass is 10.0. The molecule has 3 rings (SSSR count). The maximum Gasteiger partial charge on any atom is 0.243 e. The van der Waals surface area contributed by atoms with Crippen molar-refractivity contribution in [3.8, 4) is 0 Å². The predicted molar refractivity (Wildman–Crippen MR) is 161 cm³/mol. The Kier molecular flexibility index (Phi) is 12.1. The molecule has 4 nitrogen and oxygen atoms in total. The van der Waals surface area contributed by atoms with Crippen molar-refractivity contribution in [3.63, 3.8) is 0 Å². The highest BCUT2D eigenvalue weighted by molar-refractivity contribution is 7.99. The van der Waals surface area contributed by atoms with Crippen molar-refractivity contribution in [3.05, 3.63) is 104 Å². The lowest BCUT2D eigenvalue weighted by Crippen LogP contribution is -2.51. The molecule has 0 aliphatic heterocycles. The maximum absolute atomic E-state index is 13.7. The van der Waals surface area contributed by atoms with Gasteiger partial charge in [0.05, 0.1) is 15.8 Å². The van der Waals surface area contributed by atoms with Gasteiger partial charge in [0.1, 0.15) is 6.04 Å². The molecule has 0 fully saturated rings. The molecule has 3 aromatic carbocycles.